The molecule has 4 heteroatoms. The van der Waals surface area contributed by atoms with E-state index >= 15 is 0 Å². The monoisotopic (exact) mass is 277 g/mol. The number of halogens is 1. The van der Waals surface area contributed by atoms with E-state index in [2.05, 4.69) is 4.90 Å². The van der Waals surface area contributed by atoms with Crippen molar-refractivity contribution in [3.63, 3.8) is 0 Å². The summed E-state index contributed by atoms with van der Waals surface area (Å²) in [6.45, 7) is 2.06. The predicted molar refractivity (Wildman–Crippen MR) is 81.3 cm³/mol. The van der Waals surface area contributed by atoms with E-state index in [1.807, 2.05) is 36.4 Å². The number of benzene rings is 1. The fourth-order valence-electron chi connectivity index (χ4n) is 2.22. The zero-order valence-corrected chi connectivity index (χ0v) is 11.7. The highest BCUT2D eigenvalue weighted by Crippen LogP contribution is 2.20. The van der Waals surface area contributed by atoms with Crippen molar-refractivity contribution in [3.8, 4) is 0 Å². The number of likely N-dealkylation sites (tertiary alicyclic amines) is 1. The van der Waals surface area contributed by atoms with E-state index in [1.54, 1.807) is 0 Å². The van der Waals surface area contributed by atoms with Gasteiger partial charge in [-0.1, -0.05) is 29.8 Å². The normalized spacial score (nSPS) is 17.6. The molecule has 0 atom stereocenters. The second kappa shape index (κ2) is 6.53. The van der Waals surface area contributed by atoms with Crippen LogP contribution in [0.5, 0.6) is 0 Å². The topological polar surface area (TPSA) is 55.3 Å². The molecule has 0 spiro atoms. The van der Waals surface area contributed by atoms with Crippen molar-refractivity contribution < 1.29 is 0 Å². The summed E-state index contributed by atoms with van der Waals surface area (Å²) in [5.74, 6) is 0.773. The molecule has 4 N–H and O–H groups in total. The smallest absolute Gasteiger partial charge is 0.0987 e. The standard InChI is InChI=1S/C15H20ClN3/c16-13-7-3-2-6-12(13)14(17)8-9-15(18)19-10-4-1-5-11-19/h2-3,6-9H,1,4-5,10-11,17-18H2/b14-8-,15-9+. The summed E-state index contributed by atoms with van der Waals surface area (Å²) in [6.07, 6.45) is 7.40. The minimum atomic E-state index is 0.630. The first-order chi connectivity index (χ1) is 9.18. The molecule has 3 nitrogen and oxygen atoms in total. The Morgan fingerprint density at radius 1 is 1.05 bits per heavy atom. The largest absolute Gasteiger partial charge is 0.398 e. The van der Waals surface area contributed by atoms with E-state index in [4.69, 9.17) is 23.1 Å². The summed E-state index contributed by atoms with van der Waals surface area (Å²) in [4.78, 5) is 2.19. The molecule has 0 amide bonds. The molecule has 102 valence electrons. The Morgan fingerprint density at radius 2 is 1.74 bits per heavy atom. The van der Waals surface area contributed by atoms with Crippen LogP contribution in [0.1, 0.15) is 24.8 Å². The van der Waals surface area contributed by atoms with Crippen LogP contribution in [0.2, 0.25) is 5.02 Å². The van der Waals surface area contributed by atoms with Gasteiger partial charge in [0.2, 0.25) is 0 Å². The van der Waals surface area contributed by atoms with Crippen LogP contribution in [0.25, 0.3) is 5.70 Å². The number of rotatable bonds is 3. The number of nitrogens with zero attached hydrogens (tertiary/aromatic N) is 1. The zero-order chi connectivity index (χ0) is 13.7. The number of allylic oxidation sites excluding steroid dienone is 2. The molecule has 0 aromatic heterocycles. The molecule has 1 heterocycles. The maximum Gasteiger partial charge on any atom is 0.0987 e. The lowest BCUT2D eigenvalue weighted by Gasteiger charge is -2.28. The molecule has 1 aliphatic rings. The zero-order valence-electron chi connectivity index (χ0n) is 11.0. The Morgan fingerprint density at radius 3 is 2.42 bits per heavy atom. The van der Waals surface area contributed by atoms with Crippen LogP contribution < -0.4 is 11.5 Å². The van der Waals surface area contributed by atoms with Gasteiger partial charge >= 0.3 is 0 Å². The number of nitrogens with two attached hydrogens (primary N) is 2. The van der Waals surface area contributed by atoms with Crippen LogP contribution in [-0.2, 0) is 0 Å². The van der Waals surface area contributed by atoms with Crippen molar-refractivity contribution in [3.05, 3.63) is 52.8 Å². The summed E-state index contributed by atoms with van der Waals surface area (Å²) >= 11 is 6.10. The van der Waals surface area contributed by atoms with Gasteiger partial charge in [0.25, 0.3) is 0 Å². The first-order valence-corrected chi connectivity index (χ1v) is 6.99. The van der Waals surface area contributed by atoms with Crippen LogP contribution >= 0.6 is 11.6 Å². The average Bonchev–Trinajstić information content (AvgIpc) is 2.46. The Balaban J connectivity index is 2.10. The minimum absolute atomic E-state index is 0.630. The van der Waals surface area contributed by atoms with Crippen molar-refractivity contribution in [1.29, 1.82) is 0 Å². The Labute approximate surface area is 119 Å². The molecule has 19 heavy (non-hydrogen) atoms. The lowest BCUT2D eigenvalue weighted by atomic mass is 10.1. The lowest BCUT2D eigenvalue weighted by molar-refractivity contribution is 0.282. The molecule has 0 saturated carbocycles. The summed E-state index contributed by atoms with van der Waals surface area (Å²) in [5, 5.41) is 0.654. The highest BCUT2D eigenvalue weighted by molar-refractivity contribution is 6.32. The van der Waals surface area contributed by atoms with E-state index in [0.29, 0.717) is 10.7 Å². The lowest BCUT2D eigenvalue weighted by Crippen LogP contribution is -2.32. The van der Waals surface area contributed by atoms with E-state index < -0.39 is 0 Å². The molecule has 1 fully saturated rings. The molecule has 0 bridgehead atoms. The molecule has 1 saturated heterocycles. The van der Waals surface area contributed by atoms with Gasteiger partial charge in [0.15, 0.2) is 0 Å². The van der Waals surface area contributed by atoms with Crippen LogP contribution in [0, 0.1) is 0 Å². The summed E-state index contributed by atoms with van der Waals surface area (Å²) in [7, 11) is 0. The Bertz CT molecular complexity index is 488. The fourth-order valence-corrected chi connectivity index (χ4v) is 2.46. The quantitative estimate of drug-likeness (QED) is 0.835. The van der Waals surface area contributed by atoms with Crippen LogP contribution in [0.4, 0.5) is 0 Å². The first-order valence-electron chi connectivity index (χ1n) is 6.61. The van der Waals surface area contributed by atoms with Crippen molar-refractivity contribution in [2.75, 3.05) is 13.1 Å². The third kappa shape index (κ3) is 3.67. The van der Waals surface area contributed by atoms with Crippen molar-refractivity contribution in [1.82, 2.24) is 4.90 Å². The van der Waals surface area contributed by atoms with Crippen LogP contribution in [0.15, 0.2) is 42.2 Å². The molecule has 0 aliphatic carbocycles. The predicted octanol–water partition coefficient (Wildman–Crippen LogP) is 2.93. The molecular weight excluding hydrogens is 258 g/mol. The molecule has 1 aromatic carbocycles. The van der Waals surface area contributed by atoms with Crippen molar-refractivity contribution >= 4 is 17.3 Å². The fraction of sp³-hybridized carbons (Fsp3) is 0.333. The van der Waals surface area contributed by atoms with E-state index in [0.717, 1.165) is 24.5 Å². The van der Waals surface area contributed by atoms with E-state index in [1.165, 1.54) is 19.3 Å². The van der Waals surface area contributed by atoms with Crippen molar-refractivity contribution in [2.45, 2.75) is 19.3 Å². The molecule has 0 unspecified atom stereocenters. The number of piperidine rings is 1. The van der Waals surface area contributed by atoms with Crippen LogP contribution in [-0.4, -0.2) is 18.0 Å². The van der Waals surface area contributed by atoms with Crippen LogP contribution in [0.3, 0.4) is 0 Å². The highest BCUT2D eigenvalue weighted by Gasteiger charge is 2.10. The number of hydrogen-bond donors (Lipinski definition) is 2. The summed E-state index contributed by atoms with van der Waals surface area (Å²) < 4.78 is 0. The number of hydrogen-bond acceptors (Lipinski definition) is 3. The van der Waals surface area contributed by atoms with E-state index in [9.17, 15) is 0 Å². The van der Waals surface area contributed by atoms with Gasteiger partial charge in [-0.2, -0.15) is 0 Å². The first kappa shape index (κ1) is 13.8. The third-order valence-corrected chi connectivity index (χ3v) is 3.67. The second-order valence-electron chi connectivity index (χ2n) is 4.74. The molecule has 1 aliphatic heterocycles. The van der Waals surface area contributed by atoms with Gasteiger partial charge in [-0.05, 0) is 37.5 Å². The molecule has 2 rings (SSSR count). The second-order valence-corrected chi connectivity index (χ2v) is 5.15. The third-order valence-electron chi connectivity index (χ3n) is 3.34. The maximum atomic E-state index is 6.10. The Kier molecular flexibility index (Phi) is 4.74. The summed E-state index contributed by atoms with van der Waals surface area (Å²) in [6, 6.07) is 7.53. The summed E-state index contributed by atoms with van der Waals surface area (Å²) in [5.41, 5.74) is 13.6. The van der Waals surface area contributed by atoms with Gasteiger partial charge in [-0.3, -0.25) is 0 Å². The molecule has 0 radical (unpaired) electrons. The van der Waals surface area contributed by atoms with Gasteiger partial charge in [-0.25, -0.2) is 0 Å². The minimum Gasteiger partial charge on any atom is -0.398 e. The Hall–Kier alpha value is -1.61. The molecule has 1 aromatic rings. The van der Waals surface area contributed by atoms with Gasteiger partial charge in [0, 0.05) is 29.4 Å². The average molecular weight is 278 g/mol. The van der Waals surface area contributed by atoms with Crippen molar-refractivity contribution in [2.24, 2.45) is 11.5 Å². The van der Waals surface area contributed by atoms with Gasteiger partial charge < -0.3 is 16.4 Å². The maximum absolute atomic E-state index is 6.10. The highest BCUT2D eigenvalue weighted by atomic mass is 35.5. The molecular formula is C15H20ClN3. The van der Waals surface area contributed by atoms with Gasteiger partial charge in [0.05, 0.1) is 5.82 Å². The van der Waals surface area contributed by atoms with Gasteiger partial charge in [0.1, 0.15) is 0 Å². The van der Waals surface area contributed by atoms with E-state index in [-0.39, 0.29) is 0 Å². The SMILES string of the molecule is N/C(=C\C=C(/N)N1CCCCC1)c1ccccc1Cl. The van der Waals surface area contributed by atoms with Gasteiger partial charge in [-0.15, -0.1) is 0 Å².